The number of nitrogens with zero attached hydrogens (tertiary/aromatic N) is 1. The Morgan fingerprint density at radius 2 is 1.94 bits per heavy atom. The molecule has 0 aromatic heterocycles. The second kappa shape index (κ2) is 5.89. The van der Waals surface area contributed by atoms with E-state index in [4.69, 9.17) is 10.5 Å². The molecule has 0 bridgehead atoms. The van der Waals surface area contributed by atoms with Crippen LogP contribution in [0.25, 0.3) is 0 Å². The highest BCUT2D eigenvalue weighted by Gasteiger charge is 2.41. The second-order valence-electron chi connectivity index (χ2n) is 6.48. The number of hydrogen-bond donors (Lipinski definition) is 1. The number of hydrogen-bond acceptors (Lipinski definition) is 3. The van der Waals surface area contributed by atoms with Gasteiger partial charge in [0.05, 0.1) is 11.6 Å². The fourth-order valence-corrected chi connectivity index (χ4v) is 3.87. The van der Waals surface area contributed by atoms with Gasteiger partial charge >= 0.3 is 0 Å². The minimum Gasteiger partial charge on any atom is -0.380 e. The lowest BCUT2D eigenvalue weighted by Crippen LogP contribution is -2.62. The molecular weight excluding hydrogens is 224 g/mol. The van der Waals surface area contributed by atoms with Crippen LogP contribution in [0.15, 0.2) is 0 Å². The molecule has 1 aliphatic carbocycles. The van der Waals surface area contributed by atoms with Crippen molar-refractivity contribution in [3.8, 4) is 0 Å². The SMILES string of the molecule is COC(C)C(C)(CN)N1CCC2CCCCC2C1. The summed E-state index contributed by atoms with van der Waals surface area (Å²) in [7, 11) is 1.80. The Morgan fingerprint density at radius 1 is 1.28 bits per heavy atom. The zero-order valence-corrected chi connectivity index (χ0v) is 12.3. The molecule has 3 nitrogen and oxygen atoms in total. The number of methoxy groups -OCH3 is 1. The van der Waals surface area contributed by atoms with Gasteiger partial charge in [-0.3, -0.25) is 4.90 Å². The summed E-state index contributed by atoms with van der Waals surface area (Å²) in [5, 5.41) is 0. The van der Waals surface area contributed by atoms with Crippen LogP contribution in [-0.4, -0.2) is 43.3 Å². The summed E-state index contributed by atoms with van der Waals surface area (Å²) in [6.45, 7) is 7.53. The zero-order chi connectivity index (χ0) is 13.2. The van der Waals surface area contributed by atoms with Crippen LogP contribution in [0, 0.1) is 11.8 Å². The first-order valence-corrected chi connectivity index (χ1v) is 7.59. The molecule has 4 unspecified atom stereocenters. The maximum absolute atomic E-state index is 6.06. The fourth-order valence-electron chi connectivity index (χ4n) is 3.87. The molecule has 1 heterocycles. The topological polar surface area (TPSA) is 38.5 Å². The third-order valence-corrected chi connectivity index (χ3v) is 5.66. The van der Waals surface area contributed by atoms with Crippen LogP contribution >= 0.6 is 0 Å². The molecule has 2 rings (SSSR count). The predicted molar refractivity (Wildman–Crippen MR) is 75.6 cm³/mol. The summed E-state index contributed by atoms with van der Waals surface area (Å²) >= 11 is 0. The van der Waals surface area contributed by atoms with Crippen molar-refractivity contribution in [2.24, 2.45) is 17.6 Å². The number of nitrogens with two attached hydrogens (primary N) is 1. The van der Waals surface area contributed by atoms with E-state index in [0.717, 1.165) is 11.8 Å². The first-order chi connectivity index (χ1) is 8.61. The van der Waals surface area contributed by atoms with Gasteiger partial charge in [-0.1, -0.05) is 19.3 Å². The highest BCUT2D eigenvalue weighted by atomic mass is 16.5. The van der Waals surface area contributed by atoms with Gasteiger partial charge in [-0.15, -0.1) is 0 Å². The Morgan fingerprint density at radius 3 is 2.56 bits per heavy atom. The number of fused-ring (bicyclic) bond motifs is 1. The van der Waals surface area contributed by atoms with Crippen molar-refractivity contribution in [2.75, 3.05) is 26.7 Å². The van der Waals surface area contributed by atoms with E-state index in [1.165, 1.54) is 45.2 Å². The van der Waals surface area contributed by atoms with Gasteiger partial charge in [-0.25, -0.2) is 0 Å². The standard InChI is InChI=1S/C15H30N2O/c1-12(18-3)15(2,11-16)17-9-8-13-6-4-5-7-14(13)10-17/h12-14H,4-11,16H2,1-3H3. The smallest absolute Gasteiger partial charge is 0.0736 e. The average Bonchev–Trinajstić information content (AvgIpc) is 2.44. The monoisotopic (exact) mass is 254 g/mol. The van der Waals surface area contributed by atoms with Crippen LogP contribution < -0.4 is 5.73 Å². The van der Waals surface area contributed by atoms with E-state index in [-0.39, 0.29) is 11.6 Å². The highest BCUT2D eigenvalue weighted by molar-refractivity contribution is 4.97. The van der Waals surface area contributed by atoms with Crippen LogP contribution in [0.4, 0.5) is 0 Å². The Kier molecular flexibility index (Phi) is 4.68. The van der Waals surface area contributed by atoms with Crippen LogP contribution in [-0.2, 0) is 4.74 Å². The molecule has 1 aliphatic heterocycles. The lowest BCUT2D eigenvalue weighted by atomic mass is 9.73. The summed E-state index contributed by atoms with van der Waals surface area (Å²) < 4.78 is 5.57. The van der Waals surface area contributed by atoms with Gasteiger partial charge in [0.15, 0.2) is 0 Å². The molecule has 0 aromatic rings. The molecule has 18 heavy (non-hydrogen) atoms. The number of ether oxygens (including phenoxy) is 1. The minimum absolute atomic E-state index is 0.00281. The first kappa shape index (κ1) is 14.3. The van der Waals surface area contributed by atoms with E-state index in [2.05, 4.69) is 18.7 Å². The van der Waals surface area contributed by atoms with Gasteiger partial charge in [0.2, 0.25) is 0 Å². The molecule has 2 aliphatic rings. The highest BCUT2D eigenvalue weighted by Crippen LogP contribution is 2.38. The predicted octanol–water partition coefficient (Wildman–Crippen LogP) is 2.25. The third-order valence-electron chi connectivity index (χ3n) is 5.66. The van der Waals surface area contributed by atoms with Crippen molar-refractivity contribution >= 4 is 0 Å². The van der Waals surface area contributed by atoms with E-state index >= 15 is 0 Å². The molecular formula is C15H30N2O. The molecule has 0 spiro atoms. The third kappa shape index (κ3) is 2.59. The van der Waals surface area contributed by atoms with Gasteiger partial charge in [0, 0.05) is 20.2 Å². The molecule has 0 radical (unpaired) electrons. The van der Waals surface area contributed by atoms with Crippen LogP contribution in [0.1, 0.15) is 46.0 Å². The summed E-state index contributed by atoms with van der Waals surface area (Å²) in [6.07, 6.45) is 7.30. The Labute approximate surface area is 112 Å². The largest absolute Gasteiger partial charge is 0.380 e. The normalized spacial score (nSPS) is 34.7. The van der Waals surface area contributed by atoms with Gasteiger partial charge in [-0.2, -0.15) is 0 Å². The Hall–Kier alpha value is -0.120. The number of rotatable bonds is 4. The minimum atomic E-state index is -0.00281. The quantitative estimate of drug-likeness (QED) is 0.836. The molecule has 3 heteroatoms. The molecule has 0 amide bonds. The van der Waals surface area contributed by atoms with Crippen molar-refractivity contribution in [1.82, 2.24) is 4.90 Å². The Bertz CT molecular complexity index is 271. The van der Waals surface area contributed by atoms with Crippen LogP contribution in [0.2, 0.25) is 0 Å². The zero-order valence-electron chi connectivity index (χ0n) is 12.3. The summed E-state index contributed by atoms with van der Waals surface area (Å²) in [5.74, 6) is 1.89. The molecule has 106 valence electrons. The average molecular weight is 254 g/mol. The van der Waals surface area contributed by atoms with Crippen molar-refractivity contribution in [2.45, 2.75) is 57.6 Å². The maximum Gasteiger partial charge on any atom is 0.0736 e. The van der Waals surface area contributed by atoms with E-state index in [1.54, 1.807) is 7.11 Å². The molecule has 1 saturated carbocycles. The van der Waals surface area contributed by atoms with E-state index in [0.29, 0.717) is 6.54 Å². The molecule has 4 atom stereocenters. The van der Waals surface area contributed by atoms with Gasteiger partial charge in [0.1, 0.15) is 0 Å². The summed E-state index contributed by atoms with van der Waals surface area (Å²) in [5.41, 5.74) is 6.06. The first-order valence-electron chi connectivity index (χ1n) is 7.59. The lowest BCUT2D eigenvalue weighted by molar-refractivity contribution is -0.0622. The van der Waals surface area contributed by atoms with E-state index < -0.39 is 0 Å². The second-order valence-corrected chi connectivity index (χ2v) is 6.48. The van der Waals surface area contributed by atoms with E-state index in [1.807, 2.05) is 0 Å². The molecule has 2 N–H and O–H groups in total. The summed E-state index contributed by atoms with van der Waals surface area (Å²) in [4.78, 5) is 2.60. The molecule has 2 fully saturated rings. The molecule has 1 saturated heterocycles. The van der Waals surface area contributed by atoms with Crippen LogP contribution in [0.3, 0.4) is 0 Å². The van der Waals surface area contributed by atoms with Gasteiger partial charge in [-0.05, 0) is 45.1 Å². The van der Waals surface area contributed by atoms with Crippen molar-refractivity contribution in [3.63, 3.8) is 0 Å². The lowest BCUT2D eigenvalue weighted by Gasteiger charge is -2.50. The number of likely N-dealkylation sites (tertiary alicyclic amines) is 1. The molecule has 0 aromatic carbocycles. The Balaban J connectivity index is 2.04. The van der Waals surface area contributed by atoms with E-state index in [9.17, 15) is 0 Å². The number of piperidine rings is 1. The van der Waals surface area contributed by atoms with Gasteiger partial charge in [0.25, 0.3) is 0 Å². The maximum atomic E-state index is 6.06. The van der Waals surface area contributed by atoms with Gasteiger partial charge < -0.3 is 10.5 Å². The van der Waals surface area contributed by atoms with Crippen molar-refractivity contribution < 1.29 is 4.74 Å². The fraction of sp³-hybridized carbons (Fsp3) is 1.00. The van der Waals surface area contributed by atoms with Crippen molar-refractivity contribution in [1.29, 1.82) is 0 Å². The summed E-state index contributed by atoms with van der Waals surface area (Å²) in [6, 6.07) is 0. The van der Waals surface area contributed by atoms with Crippen molar-refractivity contribution in [3.05, 3.63) is 0 Å². The van der Waals surface area contributed by atoms with Crippen LogP contribution in [0.5, 0.6) is 0 Å².